The minimum Gasteiger partial charge on any atom is -0.481 e. The van der Waals surface area contributed by atoms with Gasteiger partial charge in [-0.1, -0.05) is 34.6 Å². The van der Waals surface area contributed by atoms with E-state index in [0.29, 0.717) is 68.0 Å². The quantitative estimate of drug-likeness (QED) is 0.404. The maximum absolute atomic E-state index is 14.0. The summed E-state index contributed by atoms with van der Waals surface area (Å²) in [5, 5.41) is 9.56. The molecule has 0 aromatic carbocycles. The highest BCUT2D eigenvalue weighted by Crippen LogP contribution is 2.44. The molecule has 0 bridgehead atoms. The second-order valence-corrected chi connectivity index (χ2v) is 16.3. The van der Waals surface area contributed by atoms with Gasteiger partial charge in [0.25, 0.3) is 5.91 Å². The molecule has 1 N–H and O–H groups in total. The third kappa shape index (κ3) is 6.21. The first kappa shape index (κ1) is 31.5. The first-order valence-electron chi connectivity index (χ1n) is 16.2. The van der Waals surface area contributed by atoms with Gasteiger partial charge in [0.15, 0.2) is 11.3 Å². The van der Waals surface area contributed by atoms with E-state index in [1.807, 2.05) is 29.7 Å². The lowest BCUT2D eigenvalue weighted by molar-refractivity contribution is -0.153. The van der Waals surface area contributed by atoms with Crippen LogP contribution < -0.4 is 0 Å². The number of aliphatic carboxylic acids is 1. The molecule has 43 heavy (non-hydrogen) atoms. The highest BCUT2D eigenvalue weighted by molar-refractivity contribution is 5.96. The predicted octanol–water partition coefficient (Wildman–Crippen LogP) is 7.15. The van der Waals surface area contributed by atoms with Crippen LogP contribution in [0.4, 0.5) is 0 Å². The van der Waals surface area contributed by atoms with Crippen LogP contribution in [0.2, 0.25) is 0 Å². The fourth-order valence-electron chi connectivity index (χ4n) is 7.44. The molecule has 3 heterocycles. The van der Waals surface area contributed by atoms with Crippen molar-refractivity contribution in [3.05, 3.63) is 29.2 Å². The Kier molecular flexibility index (Phi) is 8.00. The smallest absolute Gasteiger partial charge is 0.309 e. The van der Waals surface area contributed by atoms with Gasteiger partial charge in [0.1, 0.15) is 5.52 Å². The van der Waals surface area contributed by atoms with Crippen LogP contribution in [0.1, 0.15) is 134 Å². The summed E-state index contributed by atoms with van der Waals surface area (Å²) in [6.07, 6.45) is 6.81. The molecule has 0 radical (unpaired) electrons. The summed E-state index contributed by atoms with van der Waals surface area (Å²) in [5.41, 5.74) is 2.49. The Morgan fingerprint density at radius 1 is 0.930 bits per heavy atom. The number of fused-ring (bicyclic) bond motifs is 1. The molecule has 2 saturated carbocycles. The molecule has 0 spiro atoms. The first-order valence-corrected chi connectivity index (χ1v) is 16.2. The topological polar surface area (TPSA) is 104 Å². The van der Waals surface area contributed by atoms with E-state index < -0.39 is 16.9 Å². The number of carbonyl (C=O) groups excluding carboxylic acids is 2. The number of furan rings is 1. The molecule has 8 heteroatoms. The SMILES string of the molecule is CC1(C)CCC(c2cc(C(C)(C)C)c3oc(C(=O)N4CCN(C(=O)C5CCC(C)(C(=O)O)CC5)CC4(C)C)cc3n2)CC1. The zero-order valence-corrected chi connectivity index (χ0v) is 27.5. The fraction of sp³-hybridized carbons (Fsp3) is 0.714. The average molecular weight is 594 g/mol. The zero-order valence-electron chi connectivity index (χ0n) is 27.5. The number of hydrogen-bond donors (Lipinski definition) is 1. The third-order valence-corrected chi connectivity index (χ3v) is 10.7. The number of pyridine rings is 1. The molecule has 3 aliphatic rings. The van der Waals surface area contributed by atoms with Crippen LogP contribution in [-0.4, -0.2) is 62.8 Å². The first-order chi connectivity index (χ1) is 19.9. The monoisotopic (exact) mass is 593 g/mol. The fourth-order valence-corrected chi connectivity index (χ4v) is 7.44. The summed E-state index contributed by atoms with van der Waals surface area (Å²) in [6, 6.07) is 4.03. The summed E-state index contributed by atoms with van der Waals surface area (Å²) in [5.74, 6) is -0.328. The van der Waals surface area contributed by atoms with Crippen LogP contribution in [0.15, 0.2) is 16.5 Å². The van der Waals surface area contributed by atoms with Gasteiger partial charge in [-0.15, -0.1) is 0 Å². The molecule has 0 unspecified atom stereocenters. The van der Waals surface area contributed by atoms with E-state index in [-0.39, 0.29) is 23.1 Å². The molecular weight excluding hydrogens is 542 g/mol. The molecular formula is C35H51N3O5. The second-order valence-electron chi connectivity index (χ2n) is 16.3. The normalized spacial score (nSPS) is 26.5. The Morgan fingerprint density at radius 2 is 1.56 bits per heavy atom. The lowest BCUT2D eigenvalue weighted by atomic mass is 9.71. The standard InChI is InChI=1S/C35H51N3O5/c1-32(2,3)24-19-25(22-9-13-33(4,5)14-10-22)36-26-20-27(43-28(24)26)30(40)38-18-17-37(21-34(38,6)7)29(39)23-11-15-35(8,16-12-23)31(41)42/h19-20,22-23H,9-18,21H2,1-8H3,(H,41,42). The van der Waals surface area contributed by atoms with Crippen LogP contribution in [0.3, 0.4) is 0 Å². The number of carbonyl (C=O) groups is 3. The molecule has 2 amide bonds. The van der Waals surface area contributed by atoms with E-state index in [9.17, 15) is 19.5 Å². The van der Waals surface area contributed by atoms with Gasteiger partial charge in [-0.25, -0.2) is 4.98 Å². The van der Waals surface area contributed by atoms with Gasteiger partial charge in [-0.05, 0) is 89.0 Å². The minimum absolute atomic E-state index is 0.0778. The number of amides is 2. The van der Waals surface area contributed by atoms with Gasteiger partial charge < -0.3 is 19.3 Å². The Hall–Kier alpha value is -2.90. The van der Waals surface area contributed by atoms with Gasteiger partial charge in [-0.3, -0.25) is 14.4 Å². The van der Waals surface area contributed by atoms with Crippen molar-refractivity contribution in [1.29, 1.82) is 0 Å². The third-order valence-electron chi connectivity index (χ3n) is 10.7. The van der Waals surface area contributed by atoms with E-state index >= 15 is 0 Å². The molecule has 236 valence electrons. The summed E-state index contributed by atoms with van der Waals surface area (Å²) in [6.45, 7) is 18.3. The highest BCUT2D eigenvalue weighted by Gasteiger charge is 2.44. The highest BCUT2D eigenvalue weighted by atomic mass is 16.4. The summed E-state index contributed by atoms with van der Waals surface area (Å²) in [4.78, 5) is 47.8. The van der Waals surface area contributed by atoms with E-state index in [2.05, 4.69) is 40.7 Å². The Labute approximate surface area is 256 Å². The van der Waals surface area contributed by atoms with Gasteiger partial charge in [0.05, 0.1) is 11.0 Å². The Morgan fingerprint density at radius 3 is 2.12 bits per heavy atom. The van der Waals surface area contributed by atoms with Gasteiger partial charge >= 0.3 is 5.97 Å². The molecule has 8 nitrogen and oxygen atoms in total. The molecule has 1 saturated heterocycles. The van der Waals surface area contributed by atoms with Gasteiger partial charge in [0, 0.05) is 48.8 Å². The summed E-state index contributed by atoms with van der Waals surface area (Å²) in [7, 11) is 0. The van der Waals surface area contributed by atoms with Crippen LogP contribution in [-0.2, 0) is 15.0 Å². The number of carboxylic acids is 1. The number of hydrogen-bond acceptors (Lipinski definition) is 5. The van der Waals surface area contributed by atoms with Crippen molar-refractivity contribution in [1.82, 2.24) is 14.8 Å². The molecule has 3 fully saturated rings. The van der Waals surface area contributed by atoms with Crippen molar-refractivity contribution in [3.8, 4) is 0 Å². The number of nitrogens with zero attached hydrogens (tertiary/aromatic N) is 3. The Bertz CT molecular complexity index is 1400. The van der Waals surface area contributed by atoms with Crippen molar-refractivity contribution in [2.75, 3.05) is 19.6 Å². The van der Waals surface area contributed by atoms with Crippen molar-refractivity contribution in [2.24, 2.45) is 16.7 Å². The predicted molar refractivity (Wildman–Crippen MR) is 167 cm³/mol. The molecule has 2 aromatic heterocycles. The van der Waals surface area contributed by atoms with Gasteiger partial charge in [-0.2, -0.15) is 0 Å². The van der Waals surface area contributed by atoms with E-state index in [1.165, 1.54) is 12.8 Å². The molecule has 2 aromatic rings. The Balaban J connectivity index is 1.34. The van der Waals surface area contributed by atoms with Crippen molar-refractivity contribution >= 4 is 28.9 Å². The maximum Gasteiger partial charge on any atom is 0.309 e. The number of carboxylic acid groups (broad SMARTS) is 1. The van der Waals surface area contributed by atoms with E-state index in [4.69, 9.17) is 9.40 Å². The van der Waals surface area contributed by atoms with Crippen LogP contribution in [0, 0.1) is 16.7 Å². The molecule has 2 aliphatic carbocycles. The summed E-state index contributed by atoms with van der Waals surface area (Å²) < 4.78 is 6.34. The molecule has 1 aliphatic heterocycles. The van der Waals surface area contributed by atoms with E-state index in [1.54, 1.807) is 6.92 Å². The molecule has 0 atom stereocenters. The second kappa shape index (κ2) is 10.9. The van der Waals surface area contributed by atoms with E-state index in [0.717, 1.165) is 29.6 Å². The lowest BCUT2D eigenvalue weighted by Crippen LogP contribution is -2.62. The van der Waals surface area contributed by atoms with Crippen LogP contribution >= 0.6 is 0 Å². The molecule has 5 rings (SSSR count). The number of aromatic nitrogens is 1. The lowest BCUT2D eigenvalue weighted by Gasteiger charge is -2.48. The van der Waals surface area contributed by atoms with Gasteiger partial charge in [0.2, 0.25) is 5.91 Å². The minimum atomic E-state index is -0.781. The number of piperazine rings is 1. The summed E-state index contributed by atoms with van der Waals surface area (Å²) >= 11 is 0. The maximum atomic E-state index is 14.0. The van der Waals surface area contributed by atoms with Crippen molar-refractivity contribution in [2.45, 2.75) is 124 Å². The largest absolute Gasteiger partial charge is 0.481 e. The zero-order chi connectivity index (χ0) is 31.5. The van der Waals surface area contributed by atoms with Crippen LogP contribution in [0.5, 0.6) is 0 Å². The van der Waals surface area contributed by atoms with Crippen molar-refractivity contribution in [3.63, 3.8) is 0 Å². The average Bonchev–Trinajstić information content (AvgIpc) is 3.35. The van der Waals surface area contributed by atoms with Crippen molar-refractivity contribution < 1.29 is 23.9 Å². The number of rotatable bonds is 4. The van der Waals surface area contributed by atoms with Crippen LogP contribution in [0.25, 0.3) is 11.1 Å².